The topological polar surface area (TPSA) is 87.8 Å². The van der Waals surface area contributed by atoms with E-state index in [4.69, 9.17) is 0 Å². The number of rotatable bonds is 4. The van der Waals surface area contributed by atoms with Crippen molar-refractivity contribution in [1.29, 1.82) is 0 Å². The maximum Gasteiger partial charge on any atom is 0.293 e. The van der Waals surface area contributed by atoms with Crippen LogP contribution in [0.2, 0.25) is 0 Å². The highest BCUT2D eigenvalue weighted by Gasteiger charge is 2.24. The first-order valence-electron chi connectivity index (χ1n) is 8.57. The Bertz CT molecular complexity index is 1030. The number of thioether (sulfide) groups is 1. The molecule has 0 unspecified atom stereocenters. The summed E-state index contributed by atoms with van der Waals surface area (Å²) in [7, 11) is 3.49. The number of amides is 1. The zero-order chi connectivity index (χ0) is 20.4. The van der Waals surface area contributed by atoms with E-state index < -0.39 is 4.92 Å². The van der Waals surface area contributed by atoms with Gasteiger partial charge < -0.3 is 10.2 Å². The van der Waals surface area contributed by atoms with Crippen molar-refractivity contribution >= 4 is 46.0 Å². The Morgan fingerprint density at radius 2 is 1.93 bits per heavy atom. The van der Waals surface area contributed by atoms with E-state index in [-0.39, 0.29) is 11.6 Å². The number of amidine groups is 1. The molecule has 1 heterocycles. The van der Waals surface area contributed by atoms with Crippen LogP contribution in [-0.2, 0) is 4.79 Å². The molecule has 8 heteroatoms. The fourth-order valence-corrected chi connectivity index (χ4v) is 3.57. The van der Waals surface area contributed by atoms with Crippen molar-refractivity contribution in [1.82, 2.24) is 5.32 Å². The minimum atomic E-state index is -0.424. The summed E-state index contributed by atoms with van der Waals surface area (Å²) in [4.78, 5) is 29.9. The highest BCUT2D eigenvalue weighted by Crippen LogP contribution is 2.32. The highest BCUT2D eigenvalue weighted by molar-refractivity contribution is 8.18. The number of hydrogen-bond donors (Lipinski definition) is 1. The van der Waals surface area contributed by atoms with Crippen LogP contribution in [0.3, 0.4) is 0 Å². The number of nitro benzene ring substituents is 1. The lowest BCUT2D eigenvalue weighted by atomic mass is 10.1. The molecule has 1 aliphatic rings. The lowest BCUT2D eigenvalue weighted by molar-refractivity contribution is -0.384. The molecule has 0 spiro atoms. The number of carbonyl (C=O) groups excluding carboxylic acids is 1. The maximum atomic E-state index is 12.3. The van der Waals surface area contributed by atoms with Crippen molar-refractivity contribution in [2.24, 2.45) is 4.99 Å². The van der Waals surface area contributed by atoms with Crippen molar-refractivity contribution < 1.29 is 9.72 Å². The minimum Gasteiger partial charge on any atom is -0.372 e. The van der Waals surface area contributed by atoms with Crippen LogP contribution in [0.25, 0.3) is 6.08 Å². The second-order valence-electron chi connectivity index (χ2n) is 6.67. The first-order valence-corrected chi connectivity index (χ1v) is 9.39. The molecule has 1 N–H and O–H groups in total. The molecule has 2 aromatic rings. The molecular formula is C20H20N4O3S. The Balaban J connectivity index is 1.91. The summed E-state index contributed by atoms with van der Waals surface area (Å²) in [6.45, 7) is 3.95. The lowest BCUT2D eigenvalue weighted by Gasteiger charge is -2.12. The van der Waals surface area contributed by atoms with Gasteiger partial charge in [-0.3, -0.25) is 14.9 Å². The van der Waals surface area contributed by atoms with Crippen molar-refractivity contribution in [3.8, 4) is 0 Å². The number of aryl methyl sites for hydroxylation is 2. The van der Waals surface area contributed by atoms with E-state index in [1.165, 1.54) is 17.8 Å². The van der Waals surface area contributed by atoms with Gasteiger partial charge in [0.15, 0.2) is 5.17 Å². The van der Waals surface area contributed by atoms with E-state index >= 15 is 0 Å². The normalized spacial score (nSPS) is 16.5. The van der Waals surface area contributed by atoms with Crippen molar-refractivity contribution in [2.75, 3.05) is 19.0 Å². The standard InChI is InChI=1S/C20H20N4O3S/c1-12-5-6-13(2)15(9-12)21-20-22-19(25)18(28-20)11-14-7-8-16(23(3)4)17(10-14)24(26)27/h5-11H,1-4H3,(H,21,22,25). The first kappa shape index (κ1) is 19.6. The summed E-state index contributed by atoms with van der Waals surface area (Å²) in [6.07, 6.45) is 1.64. The molecule has 0 saturated carbocycles. The van der Waals surface area contributed by atoms with Gasteiger partial charge in [0.25, 0.3) is 11.6 Å². The second-order valence-corrected chi connectivity index (χ2v) is 7.70. The Hall–Kier alpha value is -3.13. The van der Waals surface area contributed by atoms with E-state index in [0.717, 1.165) is 16.8 Å². The number of aliphatic imine (C=N–C) groups is 1. The molecular weight excluding hydrogens is 376 g/mol. The second kappa shape index (κ2) is 7.85. The Kier molecular flexibility index (Phi) is 5.51. The summed E-state index contributed by atoms with van der Waals surface area (Å²) in [5.41, 5.74) is 3.99. The number of nitrogens with zero attached hydrogens (tertiary/aromatic N) is 3. The van der Waals surface area contributed by atoms with Crippen molar-refractivity contribution in [3.63, 3.8) is 0 Å². The van der Waals surface area contributed by atoms with E-state index in [0.29, 0.717) is 21.3 Å². The molecule has 0 aromatic heterocycles. The van der Waals surface area contributed by atoms with Crippen LogP contribution in [0, 0.1) is 24.0 Å². The maximum absolute atomic E-state index is 12.3. The first-order chi connectivity index (χ1) is 13.2. The Morgan fingerprint density at radius 1 is 1.18 bits per heavy atom. The molecule has 3 rings (SSSR count). The van der Waals surface area contributed by atoms with Crippen molar-refractivity contribution in [3.05, 3.63) is 68.1 Å². The van der Waals surface area contributed by atoms with Crippen LogP contribution in [0.15, 0.2) is 46.3 Å². The minimum absolute atomic E-state index is 0.00738. The summed E-state index contributed by atoms with van der Waals surface area (Å²) in [5.74, 6) is -0.270. The van der Waals surface area contributed by atoms with Crippen LogP contribution < -0.4 is 10.2 Å². The Morgan fingerprint density at radius 3 is 2.61 bits per heavy atom. The molecule has 2 aromatic carbocycles. The molecule has 1 saturated heterocycles. The number of anilines is 1. The molecule has 1 fully saturated rings. The number of hydrogen-bond acceptors (Lipinski definition) is 6. The third-order valence-corrected chi connectivity index (χ3v) is 5.12. The average Bonchev–Trinajstić information content (AvgIpc) is 2.97. The predicted molar refractivity (Wildman–Crippen MR) is 114 cm³/mol. The third kappa shape index (κ3) is 4.23. The smallest absolute Gasteiger partial charge is 0.293 e. The quantitative estimate of drug-likeness (QED) is 0.476. The van der Waals surface area contributed by atoms with Gasteiger partial charge in [-0.15, -0.1) is 0 Å². The zero-order valence-corrected chi connectivity index (χ0v) is 16.8. The van der Waals surface area contributed by atoms with Gasteiger partial charge in [0.2, 0.25) is 0 Å². The van der Waals surface area contributed by atoms with Gasteiger partial charge in [-0.25, -0.2) is 4.99 Å². The number of nitrogens with one attached hydrogen (secondary N) is 1. The molecule has 1 amide bonds. The van der Waals surface area contributed by atoms with Crippen LogP contribution >= 0.6 is 11.8 Å². The summed E-state index contributed by atoms with van der Waals surface area (Å²) in [5, 5.41) is 14.6. The molecule has 0 bridgehead atoms. The van der Waals surface area contributed by atoms with Gasteiger partial charge in [0.05, 0.1) is 15.5 Å². The summed E-state index contributed by atoms with van der Waals surface area (Å²) < 4.78 is 0. The van der Waals surface area contributed by atoms with E-state index in [1.807, 2.05) is 32.0 Å². The molecule has 1 aliphatic heterocycles. The Labute approximate surface area is 167 Å². The van der Waals surface area contributed by atoms with Gasteiger partial charge in [0, 0.05) is 20.2 Å². The van der Waals surface area contributed by atoms with Gasteiger partial charge in [-0.1, -0.05) is 18.2 Å². The average molecular weight is 396 g/mol. The van der Waals surface area contributed by atoms with Gasteiger partial charge >= 0.3 is 0 Å². The fraction of sp³-hybridized carbons (Fsp3) is 0.200. The summed E-state index contributed by atoms with van der Waals surface area (Å²) in [6, 6.07) is 10.8. The predicted octanol–water partition coefficient (Wildman–Crippen LogP) is 4.17. The van der Waals surface area contributed by atoms with Gasteiger partial charge in [-0.05, 0) is 60.5 Å². The van der Waals surface area contributed by atoms with Gasteiger partial charge in [-0.2, -0.15) is 0 Å². The molecule has 0 aliphatic carbocycles. The highest BCUT2D eigenvalue weighted by atomic mass is 32.2. The molecule has 28 heavy (non-hydrogen) atoms. The SMILES string of the molecule is Cc1ccc(C)c(N=C2NC(=O)C(=Cc3ccc(N(C)C)c([N+](=O)[O-])c3)S2)c1. The largest absolute Gasteiger partial charge is 0.372 e. The number of benzene rings is 2. The van der Waals surface area contributed by atoms with Crippen LogP contribution in [-0.4, -0.2) is 30.1 Å². The molecule has 0 radical (unpaired) electrons. The molecule has 144 valence electrons. The summed E-state index contributed by atoms with van der Waals surface area (Å²) >= 11 is 1.22. The van der Waals surface area contributed by atoms with E-state index in [2.05, 4.69) is 10.3 Å². The van der Waals surface area contributed by atoms with Crippen molar-refractivity contribution in [2.45, 2.75) is 13.8 Å². The number of carbonyl (C=O) groups is 1. The lowest BCUT2D eigenvalue weighted by Crippen LogP contribution is -2.19. The zero-order valence-electron chi connectivity index (χ0n) is 16.0. The fourth-order valence-electron chi connectivity index (χ4n) is 2.74. The van der Waals surface area contributed by atoms with Crippen LogP contribution in [0.5, 0.6) is 0 Å². The van der Waals surface area contributed by atoms with Gasteiger partial charge in [0.1, 0.15) is 5.69 Å². The number of nitro groups is 1. The molecule has 7 nitrogen and oxygen atoms in total. The monoisotopic (exact) mass is 396 g/mol. The van der Waals surface area contributed by atoms with E-state index in [9.17, 15) is 14.9 Å². The van der Waals surface area contributed by atoms with E-state index in [1.54, 1.807) is 37.2 Å². The van der Waals surface area contributed by atoms with Crippen LogP contribution in [0.4, 0.5) is 17.1 Å². The third-order valence-electron chi connectivity index (χ3n) is 4.21. The molecule has 0 atom stereocenters. The van der Waals surface area contributed by atoms with Crippen LogP contribution in [0.1, 0.15) is 16.7 Å².